The van der Waals surface area contributed by atoms with Gasteiger partial charge >= 0.3 is 0 Å². The number of nitrogens with zero attached hydrogens (tertiary/aromatic N) is 2. The van der Waals surface area contributed by atoms with Crippen molar-refractivity contribution in [2.45, 2.75) is 38.3 Å². The highest BCUT2D eigenvalue weighted by molar-refractivity contribution is 5.95. The third-order valence-corrected chi connectivity index (χ3v) is 5.43. The van der Waals surface area contributed by atoms with Crippen LogP contribution < -0.4 is 26.6 Å². The maximum absolute atomic E-state index is 11.8. The summed E-state index contributed by atoms with van der Waals surface area (Å²) in [6, 6.07) is 18.3. The van der Waals surface area contributed by atoms with Gasteiger partial charge in [0.15, 0.2) is 6.54 Å². The summed E-state index contributed by atoms with van der Waals surface area (Å²) >= 11 is 0. The Morgan fingerprint density at radius 3 is 2.48 bits per heavy atom. The van der Waals surface area contributed by atoms with Gasteiger partial charge in [0.1, 0.15) is 11.4 Å². The summed E-state index contributed by atoms with van der Waals surface area (Å²) < 4.78 is 7.79. The molecule has 0 spiro atoms. The fourth-order valence-electron chi connectivity index (χ4n) is 4.15. The van der Waals surface area contributed by atoms with Crippen molar-refractivity contribution in [1.29, 1.82) is 0 Å². The molecule has 5 heteroatoms. The van der Waals surface area contributed by atoms with E-state index in [1.807, 2.05) is 37.3 Å². The minimum absolute atomic E-state index is 0. The third-order valence-electron chi connectivity index (χ3n) is 5.43. The molecule has 1 atom stereocenters. The maximum atomic E-state index is 11.8. The first-order valence-electron chi connectivity index (χ1n) is 9.64. The summed E-state index contributed by atoms with van der Waals surface area (Å²) in [7, 11) is 0. The smallest absolute Gasteiger partial charge is 0.271 e. The molecule has 1 N–H and O–H groups in total. The van der Waals surface area contributed by atoms with E-state index in [2.05, 4.69) is 33.7 Å². The number of ether oxygens (including phenoxy) is 1. The summed E-state index contributed by atoms with van der Waals surface area (Å²) in [5, 5.41) is 11.8. The quantitative estimate of drug-likeness (QED) is 0.726. The molecule has 4 rings (SSSR count). The maximum Gasteiger partial charge on any atom is 0.271 e. The summed E-state index contributed by atoms with van der Waals surface area (Å²) in [5.41, 5.74) is 1.08. The van der Waals surface area contributed by atoms with E-state index < -0.39 is 5.72 Å². The molecule has 1 unspecified atom stereocenters. The van der Waals surface area contributed by atoms with Gasteiger partial charge in [0.2, 0.25) is 0 Å². The number of rotatable bonds is 4. The summed E-state index contributed by atoms with van der Waals surface area (Å²) in [4.78, 5) is 2.29. The molecule has 0 saturated heterocycles. The molecule has 2 heterocycles. The Hall–Kier alpha value is -1.85. The number of benzene rings is 2. The van der Waals surface area contributed by atoms with E-state index in [4.69, 9.17) is 4.74 Å². The van der Waals surface area contributed by atoms with Gasteiger partial charge in [0.05, 0.1) is 13.2 Å². The van der Waals surface area contributed by atoms with E-state index in [1.54, 1.807) is 0 Å². The Morgan fingerprint density at radius 2 is 1.78 bits per heavy atom. The van der Waals surface area contributed by atoms with Crippen molar-refractivity contribution in [3.8, 4) is 5.75 Å². The van der Waals surface area contributed by atoms with Gasteiger partial charge in [-0.3, -0.25) is 0 Å². The molecule has 0 aromatic heterocycles. The van der Waals surface area contributed by atoms with Crippen molar-refractivity contribution >= 4 is 11.5 Å². The zero-order valence-electron chi connectivity index (χ0n) is 15.8. The molecule has 2 aliphatic heterocycles. The molecular weight excluding hydrogens is 404 g/mol. The average Bonchev–Trinajstić information content (AvgIpc) is 2.83. The van der Waals surface area contributed by atoms with Crippen molar-refractivity contribution in [3.63, 3.8) is 0 Å². The van der Waals surface area contributed by atoms with Crippen molar-refractivity contribution in [2.24, 2.45) is 0 Å². The van der Waals surface area contributed by atoms with Crippen LogP contribution in [-0.4, -0.2) is 35.2 Å². The zero-order chi connectivity index (χ0) is 18.0. The molecule has 4 nitrogen and oxygen atoms in total. The van der Waals surface area contributed by atoms with Crippen molar-refractivity contribution in [2.75, 3.05) is 24.6 Å². The highest BCUT2D eigenvalue weighted by Gasteiger charge is 2.51. The Morgan fingerprint density at radius 1 is 1.04 bits per heavy atom. The van der Waals surface area contributed by atoms with E-state index in [9.17, 15) is 5.11 Å². The zero-order valence-corrected chi connectivity index (χ0v) is 17.4. The summed E-state index contributed by atoms with van der Waals surface area (Å²) in [6.07, 6.45) is 4.51. The minimum atomic E-state index is -1.000. The van der Waals surface area contributed by atoms with Crippen molar-refractivity contribution in [1.82, 2.24) is 0 Å². The lowest BCUT2D eigenvalue weighted by molar-refractivity contribution is -0.658. The van der Waals surface area contributed by atoms with E-state index in [0.717, 1.165) is 36.4 Å². The molecule has 144 valence electrons. The van der Waals surface area contributed by atoms with Crippen LogP contribution in [0.3, 0.4) is 0 Å². The lowest BCUT2D eigenvalue weighted by Crippen LogP contribution is -3.00. The Balaban J connectivity index is 0.00000210. The van der Waals surface area contributed by atoms with Crippen molar-refractivity contribution in [3.05, 3.63) is 60.2 Å². The van der Waals surface area contributed by atoms with Crippen LogP contribution in [-0.2, 0) is 5.72 Å². The molecule has 27 heavy (non-hydrogen) atoms. The molecule has 0 bridgehead atoms. The molecule has 0 radical (unpaired) electrons. The average molecular weight is 431 g/mol. The van der Waals surface area contributed by atoms with Crippen LogP contribution in [0.2, 0.25) is 0 Å². The topological polar surface area (TPSA) is 35.7 Å². The lowest BCUT2D eigenvalue weighted by atomic mass is 10.0. The summed E-state index contributed by atoms with van der Waals surface area (Å²) in [5.74, 6) is 2.09. The molecule has 0 saturated carbocycles. The SMILES string of the molecule is CCOc1ccc(C2(O)CN(c3ccccc3)C3=[N+]2CCCCC3)cc1.[Br-]. The summed E-state index contributed by atoms with van der Waals surface area (Å²) in [6.45, 7) is 4.08. The van der Waals surface area contributed by atoms with Crippen LogP contribution >= 0.6 is 0 Å². The van der Waals surface area contributed by atoms with E-state index >= 15 is 0 Å². The monoisotopic (exact) mass is 430 g/mol. The van der Waals surface area contributed by atoms with Gasteiger partial charge in [-0.05, 0) is 62.6 Å². The Bertz CT molecular complexity index is 792. The number of β-amino-alcohol motifs (C(OH)–C–C–N with tert-alkyl or cyclic N) is 1. The Kier molecular flexibility index (Phi) is 6.22. The van der Waals surface area contributed by atoms with Crippen LogP contribution in [0.25, 0.3) is 0 Å². The van der Waals surface area contributed by atoms with Gasteiger partial charge in [0, 0.05) is 12.0 Å². The second-order valence-corrected chi connectivity index (χ2v) is 7.07. The van der Waals surface area contributed by atoms with Gasteiger partial charge in [-0.15, -0.1) is 0 Å². The van der Waals surface area contributed by atoms with E-state index in [-0.39, 0.29) is 17.0 Å². The van der Waals surface area contributed by atoms with Crippen LogP contribution in [0, 0.1) is 0 Å². The Labute approximate surface area is 171 Å². The minimum Gasteiger partial charge on any atom is -1.00 e. The molecular formula is C22H27BrN2O2. The molecule has 2 aromatic rings. The number of halogens is 1. The molecule has 2 aromatic carbocycles. The first-order valence-corrected chi connectivity index (χ1v) is 9.64. The highest BCUT2D eigenvalue weighted by atomic mass is 79.9. The standard InChI is InChI=1S/C22H27N2O2.BrH/c1-2-26-20-14-12-18(13-15-20)22(25)17-23(19-9-5-3-6-10-19)21-11-7-4-8-16-24(21)22;/h3,5-6,9-10,12-15,25H,2,4,7-8,11,16-17H2,1H3;1H/q+1;/p-1. The van der Waals surface area contributed by atoms with Gasteiger partial charge in [-0.25, -0.2) is 9.48 Å². The van der Waals surface area contributed by atoms with Crippen LogP contribution in [0.1, 0.15) is 38.2 Å². The fraction of sp³-hybridized carbons (Fsp3) is 0.409. The predicted octanol–water partition coefficient (Wildman–Crippen LogP) is 0.740. The normalized spacial score (nSPS) is 22.1. The molecule has 0 amide bonds. The highest BCUT2D eigenvalue weighted by Crippen LogP contribution is 2.35. The van der Waals surface area contributed by atoms with Gasteiger partial charge < -0.3 is 26.8 Å². The fourth-order valence-corrected chi connectivity index (χ4v) is 4.15. The number of amidine groups is 1. The number of anilines is 1. The number of para-hydroxylation sites is 1. The second-order valence-electron chi connectivity index (χ2n) is 7.07. The van der Waals surface area contributed by atoms with Crippen LogP contribution in [0.4, 0.5) is 5.69 Å². The predicted molar refractivity (Wildman–Crippen MR) is 104 cm³/mol. The number of hydrogen-bond acceptors (Lipinski definition) is 3. The number of aliphatic hydroxyl groups is 1. The molecule has 0 fully saturated rings. The van der Waals surface area contributed by atoms with Gasteiger partial charge in [-0.1, -0.05) is 18.2 Å². The first kappa shape index (κ1) is 19.9. The van der Waals surface area contributed by atoms with Crippen molar-refractivity contribution < 1.29 is 31.4 Å². The number of hydrogen-bond donors (Lipinski definition) is 1. The van der Waals surface area contributed by atoms with Crippen LogP contribution in [0.5, 0.6) is 5.75 Å². The largest absolute Gasteiger partial charge is 1.00 e. The molecule has 2 aliphatic rings. The lowest BCUT2D eigenvalue weighted by Gasteiger charge is -2.23. The second kappa shape index (κ2) is 8.44. The van der Waals surface area contributed by atoms with Gasteiger partial charge in [-0.2, -0.15) is 0 Å². The van der Waals surface area contributed by atoms with Gasteiger partial charge in [0.25, 0.3) is 11.6 Å². The third kappa shape index (κ3) is 3.76. The van der Waals surface area contributed by atoms with E-state index in [1.165, 1.54) is 18.7 Å². The molecule has 0 aliphatic carbocycles. The van der Waals surface area contributed by atoms with E-state index in [0.29, 0.717) is 13.2 Å². The van der Waals surface area contributed by atoms with Crippen LogP contribution in [0.15, 0.2) is 54.6 Å². The first-order chi connectivity index (χ1) is 12.7.